The standard InChI is InChI=1S/C21H23N3O5S/c1-26-16-7-5-14(18(27-2)19(16)28-3)20(25)22-13-4-6-15-17(12-13)30-21(23-15)24-8-10-29-11-9-24/h4-7,12H,8-11H2,1-3H3,(H,22,25). The molecule has 1 fully saturated rings. The van der Waals surface area contributed by atoms with Gasteiger partial charge in [-0.15, -0.1) is 0 Å². The maximum atomic E-state index is 12.9. The van der Waals surface area contributed by atoms with Crippen molar-refractivity contribution in [1.29, 1.82) is 0 Å². The van der Waals surface area contributed by atoms with Crippen LogP contribution in [-0.4, -0.2) is 58.5 Å². The molecule has 0 radical (unpaired) electrons. The lowest BCUT2D eigenvalue weighted by atomic mass is 10.1. The van der Waals surface area contributed by atoms with Crippen LogP contribution in [-0.2, 0) is 4.74 Å². The van der Waals surface area contributed by atoms with Gasteiger partial charge in [0.25, 0.3) is 5.91 Å². The minimum Gasteiger partial charge on any atom is -0.493 e. The molecule has 0 atom stereocenters. The Morgan fingerprint density at radius 2 is 1.83 bits per heavy atom. The normalized spacial score (nSPS) is 13.9. The molecule has 2 heterocycles. The van der Waals surface area contributed by atoms with Gasteiger partial charge >= 0.3 is 0 Å². The smallest absolute Gasteiger partial charge is 0.259 e. The molecule has 9 heteroatoms. The molecule has 1 aliphatic rings. The number of aromatic nitrogens is 1. The summed E-state index contributed by atoms with van der Waals surface area (Å²) in [5.41, 5.74) is 1.94. The molecule has 0 bridgehead atoms. The third kappa shape index (κ3) is 3.86. The minimum absolute atomic E-state index is 0.301. The second-order valence-corrected chi connectivity index (χ2v) is 7.62. The van der Waals surface area contributed by atoms with E-state index in [0.29, 0.717) is 41.7 Å². The molecule has 1 amide bonds. The molecule has 158 valence electrons. The van der Waals surface area contributed by atoms with Gasteiger partial charge in [0.15, 0.2) is 16.6 Å². The number of rotatable bonds is 6. The number of thiazole rings is 1. The Labute approximate surface area is 178 Å². The molecule has 0 aliphatic carbocycles. The number of morpholine rings is 1. The molecular weight excluding hydrogens is 406 g/mol. The number of carbonyl (C=O) groups is 1. The number of hydrogen-bond donors (Lipinski definition) is 1. The summed E-state index contributed by atoms with van der Waals surface area (Å²) < 4.78 is 22.5. The summed E-state index contributed by atoms with van der Waals surface area (Å²) in [4.78, 5) is 19.9. The van der Waals surface area contributed by atoms with Crippen LogP contribution in [0.2, 0.25) is 0 Å². The van der Waals surface area contributed by atoms with Crippen molar-refractivity contribution in [2.24, 2.45) is 0 Å². The van der Waals surface area contributed by atoms with Gasteiger partial charge in [-0.05, 0) is 30.3 Å². The average molecular weight is 429 g/mol. The largest absolute Gasteiger partial charge is 0.493 e. The van der Waals surface area contributed by atoms with Crippen molar-refractivity contribution in [2.45, 2.75) is 0 Å². The number of nitrogens with one attached hydrogen (secondary N) is 1. The van der Waals surface area contributed by atoms with Gasteiger partial charge in [-0.1, -0.05) is 11.3 Å². The third-order valence-corrected chi connectivity index (χ3v) is 5.94. The van der Waals surface area contributed by atoms with Crippen LogP contribution < -0.4 is 24.4 Å². The molecular formula is C21H23N3O5S. The first-order chi connectivity index (χ1) is 14.6. The molecule has 30 heavy (non-hydrogen) atoms. The van der Waals surface area contributed by atoms with Crippen LogP contribution in [0.5, 0.6) is 17.2 Å². The predicted molar refractivity (Wildman–Crippen MR) is 117 cm³/mol. The quantitative estimate of drug-likeness (QED) is 0.643. The van der Waals surface area contributed by atoms with E-state index < -0.39 is 0 Å². The van der Waals surface area contributed by atoms with E-state index in [2.05, 4.69) is 10.2 Å². The van der Waals surface area contributed by atoms with E-state index in [-0.39, 0.29) is 5.91 Å². The van der Waals surface area contributed by atoms with E-state index >= 15 is 0 Å². The molecule has 3 aromatic rings. The summed E-state index contributed by atoms with van der Waals surface area (Å²) in [5, 5.41) is 3.90. The minimum atomic E-state index is -0.301. The van der Waals surface area contributed by atoms with Gasteiger partial charge in [0.2, 0.25) is 5.75 Å². The van der Waals surface area contributed by atoms with E-state index in [1.807, 2.05) is 18.2 Å². The van der Waals surface area contributed by atoms with Crippen molar-refractivity contribution in [2.75, 3.05) is 57.8 Å². The van der Waals surface area contributed by atoms with E-state index in [1.54, 1.807) is 23.5 Å². The molecule has 1 aromatic heterocycles. The van der Waals surface area contributed by atoms with E-state index in [0.717, 1.165) is 28.4 Å². The fraction of sp³-hybridized carbons (Fsp3) is 0.333. The summed E-state index contributed by atoms with van der Waals surface area (Å²) in [6.07, 6.45) is 0. The highest BCUT2D eigenvalue weighted by Gasteiger charge is 2.21. The number of ether oxygens (including phenoxy) is 4. The van der Waals surface area contributed by atoms with E-state index in [1.165, 1.54) is 21.3 Å². The lowest BCUT2D eigenvalue weighted by Gasteiger charge is -2.25. The Morgan fingerprint density at radius 3 is 2.53 bits per heavy atom. The monoisotopic (exact) mass is 429 g/mol. The topological polar surface area (TPSA) is 82.2 Å². The first-order valence-electron chi connectivity index (χ1n) is 9.48. The zero-order chi connectivity index (χ0) is 21.1. The zero-order valence-electron chi connectivity index (χ0n) is 17.1. The van der Waals surface area contributed by atoms with Crippen LogP contribution in [0.4, 0.5) is 10.8 Å². The predicted octanol–water partition coefficient (Wildman–Crippen LogP) is 3.41. The molecule has 8 nitrogen and oxygen atoms in total. The Morgan fingerprint density at radius 1 is 1.07 bits per heavy atom. The van der Waals surface area contributed by atoms with Gasteiger partial charge in [0, 0.05) is 18.8 Å². The highest BCUT2D eigenvalue weighted by atomic mass is 32.1. The van der Waals surface area contributed by atoms with Crippen molar-refractivity contribution in [3.05, 3.63) is 35.9 Å². The third-order valence-electron chi connectivity index (χ3n) is 4.87. The fourth-order valence-electron chi connectivity index (χ4n) is 3.36. The van der Waals surface area contributed by atoms with Gasteiger partial charge in [0.05, 0.1) is 50.3 Å². The molecule has 1 aliphatic heterocycles. The number of fused-ring (bicyclic) bond motifs is 1. The maximum Gasteiger partial charge on any atom is 0.259 e. The maximum absolute atomic E-state index is 12.9. The highest BCUT2D eigenvalue weighted by molar-refractivity contribution is 7.22. The Balaban J connectivity index is 1.58. The molecule has 0 unspecified atom stereocenters. The van der Waals surface area contributed by atoms with Gasteiger partial charge < -0.3 is 29.2 Å². The number of benzene rings is 2. The average Bonchev–Trinajstić information content (AvgIpc) is 3.21. The zero-order valence-corrected chi connectivity index (χ0v) is 17.9. The first-order valence-corrected chi connectivity index (χ1v) is 10.3. The summed E-state index contributed by atoms with van der Waals surface area (Å²) in [6.45, 7) is 3.10. The summed E-state index contributed by atoms with van der Waals surface area (Å²) in [7, 11) is 4.53. The highest BCUT2D eigenvalue weighted by Crippen LogP contribution is 2.40. The van der Waals surface area contributed by atoms with Crippen molar-refractivity contribution in [1.82, 2.24) is 4.98 Å². The van der Waals surface area contributed by atoms with Crippen LogP contribution in [0.25, 0.3) is 10.2 Å². The van der Waals surface area contributed by atoms with Crippen LogP contribution in [0, 0.1) is 0 Å². The van der Waals surface area contributed by atoms with Gasteiger partial charge in [-0.3, -0.25) is 4.79 Å². The number of amides is 1. The van der Waals surface area contributed by atoms with Crippen molar-refractivity contribution < 1.29 is 23.7 Å². The number of carbonyl (C=O) groups excluding carboxylic acids is 1. The molecule has 1 N–H and O–H groups in total. The Kier molecular flexibility index (Phi) is 5.91. The van der Waals surface area contributed by atoms with Crippen molar-refractivity contribution in [3.8, 4) is 17.2 Å². The molecule has 4 rings (SSSR count). The molecule has 2 aromatic carbocycles. The number of nitrogens with zero attached hydrogens (tertiary/aromatic N) is 2. The molecule has 0 spiro atoms. The second-order valence-electron chi connectivity index (χ2n) is 6.61. The van der Waals surface area contributed by atoms with E-state index in [4.69, 9.17) is 23.9 Å². The lowest BCUT2D eigenvalue weighted by Crippen LogP contribution is -2.36. The lowest BCUT2D eigenvalue weighted by molar-refractivity contribution is 0.102. The van der Waals surface area contributed by atoms with Crippen LogP contribution in [0.1, 0.15) is 10.4 Å². The summed E-state index contributed by atoms with van der Waals surface area (Å²) in [5.74, 6) is 0.890. The van der Waals surface area contributed by atoms with Crippen LogP contribution in [0.3, 0.4) is 0 Å². The Bertz CT molecular complexity index is 1060. The number of methoxy groups -OCH3 is 3. The van der Waals surface area contributed by atoms with Gasteiger partial charge in [-0.2, -0.15) is 0 Å². The van der Waals surface area contributed by atoms with E-state index in [9.17, 15) is 4.79 Å². The fourth-order valence-corrected chi connectivity index (χ4v) is 4.42. The SMILES string of the molecule is COc1ccc(C(=O)Nc2ccc3nc(N4CCOCC4)sc3c2)c(OC)c1OC. The summed E-state index contributed by atoms with van der Waals surface area (Å²) in [6, 6.07) is 9.02. The van der Waals surface area contributed by atoms with Crippen LogP contribution >= 0.6 is 11.3 Å². The number of anilines is 2. The van der Waals surface area contributed by atoms with Gasteiger partial charge in [0.1, 0.15) is 0 Å². The van der Waals surface area contributed by atoms with Crippen molar-refractivity contribution >= 4 is 38.3 Å². The first kappa shape index (κ1) is 20.2. The second kappa shape index (κ2) is 8.76. The molecule has 1 saturated heterocycles. The molecule has 0 saturated carbocycles. The van der Waals surface area contributed by atoms with Crippen LogP contribution in [0.15, 0.2) is 30.3 Å². The van der Waals surface area contributed by atoms with Gasteiger partial charge in [-0.25, -0.2) is 4.98 Å². The number of hydrogen-bond acceptors (Lipinski definition) is 8. The summed E-state index contributed by atoms with van der Waals surface area (Å²) >= 11 is 1.61. The Hall–Kier alpha value is -3.04. The van der Waals surface area contributed by atoms with Crippen molar-refractivity contribution in [3.63, 3.8) is 0 Å².